The van der Waals surface area contributed by atoms with E-state index in [1.54, 1.807) is 0 Å². The van der Waals surface area contributed by atoms with Crippen molar-refractivity contribution < 1.29 is 4.42 Å². The van der Waals surface area contributed by atoms with Crippen molar-refractivity contribution in [3.63, 3.8) is 0 Å². The van der Waals surface area contributed by atoms with Gasteiger partial charge in [0.25, 0.3) is 0 Å². The molecule has 1 aromatic carbocycles. The van der Waals surface area contributed by atoms with Crippen molar-refractivity contribution in [3.8, 4) is 0 Å². The molecule has 0 saturated heterocycles. The lowest BCUT2D eigenvalue weighted by molar-refractivity contribution is 0.301. The molecule has 0 radical (unpaired) electrons. The molecular weight excluding hydrogens is 222 g/mol. The quantitative estimate of drug-likeness (QED) is 0.816. The van der Waals surface area contributed by atoms with Crippen molar-refractivity contribution in [1.82, 2.24) is 0 Å². The average Bonchev–Trinajstić information content (AvgIpc) is 2.66. The SMILES string of the molecule is Cc1oc2c(C3(N)CCCCC3)cccc2c1C. The molecule has 0 spiro atoms. The maximum Gasteiger partial charge on any atom is 0.139 e. The van der Waals surface area contributed by atoms with E-state index in [0.717, 1.165) is 24.2 Å². The van der Waals surface area contributed by atoms with Gasteiger partial charge in [-0.15, -0.1) is 0 Å². The van der Waals surface area contributed by atoms with E-state index < -0.39 is 0 Å². The molecule has 1 aliphatic carbocycles. The van der Waals surface area contributed by atoms with E-state index in [2.05, 4.69) is 25.1 Å². The van der Waals surface area contributed by atoms with Gasteiger partial charge in [-0.3, -0.25) is 0 Å². The molecule has 0 bridgehead atoms. The van der Waals surface area contributed by atoms with Gasteiger partial charge in [-0.2, -0.15) is 0 Å². The zero-order valence-electron chi connectivity index (χ0n) is 11.3. The van der Waals surface area contributed by atoms with Crippen molar-refractivity contribution >= 4 is 11.0 Å². The maximum atomic E-state index is 6.65. The summed E-state index contributed by atoms with van der Waals surface area (Å²) in [4.78, 5) is 0. The maximum absolute atomic E-state index is 6.65. The Bertz CT molecular complexity index is 576. The third kappa shape index (κ3) is 1.67. The Morgan fingerprint density at radius 3 is 2.56 bits per heavy atom. The van der Waals surface area contributed by atoms with E-state index in [1.165, 1.54) is 35.8 Å². The molecule has 0 unspecified atom stereocenters. The van der Waals surface area contributed by atoms with Crippen molar-refractivity contribution in [2.24, 2.45) is 5.73 Å². The summed E-state index contributed by atoms with van der Waals surface area (Å²) in [6.45, 7) is 4.15. The van der Waals surface area contributed by atoms with Gasteiger partial charge in [0, 0.05) is 16.5 Å². The van der Waals surface area contributed by atoms with Crippen LogP contribution in [0.5, 0.6) is 0 Å². The zero-order valence-corrected chi connectivity index (χ0v) is 11.3. The highest BCUT2D eigenvalue weighted by Gasteiger charge is 2.32. The van der Waals surface area contributed by atoms with Crippen molar-refractivity contribution in [1.29, 1.82) is 0 Å². The Morgan fingerprint density at radius 1 is 1.11 bits per heavy atom. The minimum Gasteiger partial charge on any atom is -0.461 e. The van der Waals surface area contributed by atoms with Crippen LogP contribution in [0, 0.1) is 13.8 Å². The second-order valence-electron chi connectivity index (χ2n) is 5.68. The predicted molar refractivity (Wildman–Crippen MR) is 74.6 cm³/mol. The third-order valence-corrected chi connectivity index (χ3v) is 4.48. The zero-order chi connectivity index (χ0) is 12.8. The summed E-state index contributed by atoms with van der Waals surface area (Å²) in [5, 5.41) is 1.22. The standard InChI is InChI=1S/C16H21NO/c1-11-12(2)18-15-13(11)7-6-8-14(15)16(17)9-4-3-5-10-16/h6-8H,3-5,9-10,17H2,1-2H3. The molecule has 2 heteroatoms. The molecule has 18 heavy (non-hydrogen) atoms. The summed E-state index contributed by atoms with van der Waals surface area (Å²) in [7, 11) is 0. The van der Waals surface area contributed by atoms with E-state index in [1.807, 2.05) is 6.92 Å². The lowest BCUT2D eigenvalue weighted by Gasteiger charge is -2.33. The van der Waals surface area contributed by atoms with Gasteiger partial charge < -0.3 is 10.2 Å². The normalized spacial score (nSPS) is 19.3. The molecule has 3 rings (SSSR count). The summed E-state index contributed by atoms with van der Waals surface area (Å²) in [5.41, 5.74) is 9.92. The lowest BCUT2D eigenvalue weighted by Crippen LogP contribution is -2.38. The molecule has 1 aromatic heterocycles. The topological polar surface area (TPSA) is 39.2 Å². The van der Waals surface area contributed by atoms with Gasteiger partial charge >= 0.3 is 0 Å². The van der Waals surface area contributed by atoms with Crippen LogP contribution in [-0.4, -0.2) is 0 Å². The van der Waals surface area contributed by atoms with E-state index in [9.17, 15) is 0 Å². The molecule has 2 aromatic rings. The largest absolute Gasteiger partial charge is 0.461 e. The molecule has 1 saturated carbocycles. The fraction of sp³-hybridized carbons (Fsp3) is 0.500. The van der Waals surface area contributed by atoms with Crippen LogP contribution in [0.15, 0.2) is 22.6 Å². The second-order valence-corrected chi connectivity index (χ2v) is 5.68. The summed E-state index contributed by atoms with van der Waals surface area (Å²) in [5.74, 6) is 1.01. The van der Waals surface area contributed by atoms with Crippen LogP contribution >= 0.6 is 0 Å². The number of benzene rings is 1. The first-order valence-electron chi connectivity index (χ1n) is 6.90. The molecule has 1 heterocycles. The van der Waals surface area contributed by atoms with Crippen LogP contribution in [0.25, 0.3) is 11.0 Å². The van der Waals surface area contributed by atoms with Crippen LogP contribution in [0.3, 0.4) is 0 Å². The number of furan rings is 1. The third-order valence-electron chi connectivity index (χ3n) is 4.48. The number of rotatable bonds is 1. The summed E-state index contributed by atoms with van der Waals surface area (Å²) in [6.07, 6.45) is 5.91. The Hall–Kier alpha value is -1.28. The average molecular weight is 243 g/mol. The highest BCUT2D eigenvalue weighted by molar-refractivity contribution is 5.85. The Kier molecular flexibility index (Phi) is 2.70. The summed E-state index contributed by atoms with van der Waals surface area (Å²) >= 11 is 0. The summed E-state index contributed by atoms with van der Waals surface area (Å²) in [6, 6.07) is 6.40. The number of hydrogen-bond acceptors (Lipinski definition) is 2. The number of para-hydroxylation sites is 1. The predicted octanol–water partition coefficient (Wildman–Crippen LogP) is 4.17. The fourth-order valence-corrected chi connectivity index (χ4v) is 3.21. The molecule has 0 aliphatic heterocycles. The molecule has 1 fully saturated rings. The van der Waals surface area contributed by atoms with E-state index >= 15 is 0 Å². The first-order chi connectivity index (χ1) is 8.62. The highest BCUT2D eigenvalue weighted by atomic mass is 16.3. The van der Waals surface area contributed by atoms with Gasteiger partial charge in [0.05, 0.1) is 0 Å². The number of nitrogens with two attached hydrogens (primary N) is 1. The van der Waals surface area contributed by atoms with Crippen molar-refractivity contribution in [2.45, 2.75) is 51.5 Å². The van der Waals surface area contributed by atoms with Gasteiger partial charge in [-0.05, 0) is 32.3 Å². The fourth-order valence-electron chi connectivity index (χ4n) is 3.21. The minimum absolute atomic E-state index is 0.186. The van der Waals surface area contributed by atoms with Crippen LogP contribution < -0.4 is 5.73 Å². The Labute approximate surface area is 108 Å². The van der Waals surface area contributed by atoms with Crippen molar-refractivity contribution in [2.75, 3.05) is 0 Å². The lowest BCUT2D eigenvalue weighted by atomic mass is 9.77. The first-order valence-corrected chi connectivity index (χ1v) is 6.90. The van der Waals surface area contributed by atoms with Crippen LogP contribution in [0.2, 0.25) is 0 Å². The van der Waals surface area contributed by atoms with E-state index in [-0.39, 0.29) is 5.54 Å². The molecule has 2 nitrogen and oxygen atoms in total. The van der Waals surface area contributed by atoms with Gasteiger partial charge in [0.15, 0.2) is 0 Å². The molecule has 96 valence electrons. The molecule has 0 atom stereocenters. The van der Waals surface area contributed by atoms with Gasteiger partial charge in [-0.25, -0.2) is 0 Å². The first kappa shape index (κ1) is 11.8. The van der Waals surface area contributed by atoms with Gasteiger partial charge in [-0.1, -0.05) is 37.5 Å². The highest BCUT2D eigenvalue weighted by Crippen LogP contribution is 2.39. The molecule has 1 aliphatic rings. The van der Waals surface area contributed by atoms with Crippen LogP contribution in [0.4, 0.5) is 0 Å². The summed E-state index contributed by atoms with van der Waals surface area (Å²) < 4.78 is 5.97. The van der Waals surface area contributed by atoms with Gasteiger partial charge in [0.1, 0.15) is 11.3 Å². The molecular formula is C16H21NO. The van der Waals surface area contributed by atoms with E-state index in [4.69, 9.17) is 10.2 Å². The van der Waals surface area contributed by atoms with Crippen LogP contribution in [-0.2, 0) is 5.54 Å². The Balaban J connectivity index is 2.19. The second kappa shape index (κ2) is 4.13. The number of aryl methyl sites for hydroxylation is 2. The number of hydrogen-bond donors (Lipinski definition) is 1. The molecule has 0 amide bonds. The van der Waals surface area contributed by atoms with Crippen molar-refractivity contribution in [3.05, 3.63) is 35.1 Å². The van der Waals surface area contributed by atoms with E-state index in [0.29, 0.717) is 0 Å². The smallest absolute Gasteiger partial charge is 0.139 e. The number of fused-ring (bicyclic) bond motifs is 1. The van der Waals surface area contributed by atoms with Gasteiger partial charge in [0.2, 0.25) is 0 Å². The Morgan fingerprint density at radius 2 is 1.83 bits per heavy atom. The minimum atomic E-state index is -0.186. The molecule has 2 N–H and O–H groups in total. The monoisotopic (exact) mass is 243 g/mol. The van der Waals surface area contributed by atoms with Crippen LogP contribution in [0.1, 0.15) is 49.0 Å².